The first kappa shape index (κ1) is 16.0. The molecule has 8 nitrogen and oxygen atoms in total. The van der Waals surface area contributed by atoms with Crippen LogP contribution in [0, 0.1) is 6.92 Å². The van der Waals surface area contributed by atoms with Crippen LogP contribution < -0.4 is 21.9 Å². The van der Waals surface area contributed by atoms with E-state index in [1.165, 1.54) is 4.90 Å². The van der Waals surface area contributed by atoms with Gasteiger partial charge in [0.1, 0.15) is 17.5 Å². The maximum atomic E-state index is 11.4. The molecule has 0 saturated heterocycles. The Morgan fingerprint density at radius 3 is 2.45 bits per heavy atom. The van der Waals surface area contributed by atoms with Gasteiger partial charge in [-0.2, -0.15) is 0 Å². The molecule has 1 rings (SSSR count). The van der Waals surface area contributed by atoms with Crippen LogP contribution in [0.3, 0.4) is 0 Å². The predicted molar refractivity (Wildman–Crippen MR) is 79.5 cm³/mol. The van der Waals surface area contributed by atoms with E-state index in [1.54, 1.807) is 14.1 Å². The molecule has 0 bridgehead atoms. The van der Waals surface area contributed by atoms with Crippen molar-refractivity contribution in [1.82, 2.24) is 20.2 Å². The Balaban J connectivity index is 2.61. The van der Waals surface area contributed by atoms with Gasteiger partial charge in [-0.1, -0.05) is 6.92 Å². The first-order valence-corrected chi connectivity index (χ1v) is 6.52. The lowest BCUT2D eigenvalue weighted by Crippen LogP contribution is -2.37. The van der Waals surface area contributed by atoms with Gasteiger partial charge < -0.3 is 21.0 Å². The summed E-state index contributed by atoms with van der Waals surface area (Å²) >= 11 is 0. The number of urea groups is 1. The lowest BCUT2D eigenvalue weighted by atomic mass is 10.3. The number of nitrogens with one attached hydrogen (secondary N) is 3. The largest absolute Gasteiger partial charge is 0.368 e. The Hall–Kier alpha value is -2.09. The highest BCUT2D eigenvalue weighted by Crippen LogP contribution is 2.18. The van der Waals surface area contributed by atoms with Crippen molar-refractivity contribution < 1.29 is 4.79 Å². The number of amides is 2. The molecule has 1 aromatic rings. The molecule has 1 aromatic heterocycles. The van der Waals surface area contributed by atoms with E-state index >= 15 is 0 Å². The molecule has 2 amide bonds. The molecule has 0 unspecified atom stereocenters. The molecule has 0 atom stereocenters. The number of hydrogen-bond donors (Lipinski definition) is 4. The van der Waals surface area contributed by atoms with Crippen LogP contribution in [0.25, 0.3) is 0 Å². The van der Waals surface area contributed by atoms with Crippen LogP contribution in [0.5, 0.6) is 0 Å². The van der Waals surface area contributed by atoms with E-state index in [9.17, 15) is 4.79 Å². The van der Waals surface area contributed by atoms with E-state index in [0.717, 1.165) is 17.8 Å². The summed E-state index contributed by atoms with van der Waals surface area (Å²) in [6.45, 7) is 4.94. The SMILES string of the molecule is CCc1nc(NN)c(C)c(NCCNC(=O)N(C)C)n1. The van der Waals surface area contributed by atoms with Crippen LogP contribution in [-0.4, -0.2) is 48.1 Å². The second kappa shape index (κ2) is 7.49. The molecule has 0 aliphatic heterocycles. The summed E-state index contributed by atoms with van der Waals surface area (Å²) in [5.41, 5.74) is 3.42. The Labute approximate surface area is 119 Å². The number of carbonyl (C=O) groups is 1. The molecule has 0 aromatic carbocycles. The van der Waals surface area contributed by atoms with E-state index in [0.29, 0.717) is 24.7 Å². The minimum Gasteiger partial charge on any atom is -0.368 e. The van der Waals surface area contributed by atoms with Gasteiger partial charge in [0.15, 0.2) is 0 Å². The standard InChI is InChI=1S/C12H23N7O/c1-5-9-16-10(8(2)11(17-9)18-13)14-6-7-15-12(20)19(3)4/h5-7,13H2,1-4H3,(H,15,20)(H2,14,16,17,18). The Kier molecular flexibility index (Phi) is 5.98. The number of nitrogen functional groups attached to an aromatic ring is 1. The summed E-state index contributed by atoms with van der Waals surface area (Å²) < 4.78 is 0. The van der Waals surface area contributed by atoms with Crippen LogP contribution in [0.15, 0.2) is 0 Å². The number of anilines is 2. The Morgan fingerprint density at radius 1 is 1.25 bits per heavy atom. The fourth-order valence-corrected chi connectivity index (χ4v) is 1.54. The van der Waals surface area contributed by atoms with Crippen LogP contribution in [0.4, 0.5) is 16.4 Å². The van der Waals surface area contributed by atoms with Gasteiger partial charge in [-0.3, -0.25) is 0 Å². The molecule has 20 heavy (non-hydrogen) atoms. The van der Waals surface area contributed by atoms with E-state index in [2.05, 4.69) is 26.0 Å². The van der Waals surface area contributed by atoms with Gasteiger partial charge in [-0.15, -0.1) is 0 Å². The van der Waals surface area contributed by atoms with Crippen molar-refractivity contribution in [2.45, 2.75) is 20.3 Å². The van der Waals surface area contributed by atoms with Crippen LogP contribution in [0.1, 0.15) is 18.3 Å². The number of hydrazine groups is 1. The third kappa shape index (κ3) is 4.23. The monoisotopic (exact) mass is 281 g/mol. The summed E-state index contributed by atoms with van der Waals surface area (Å²) in [5, 5.41) is 5.95. The molecule has 1 heterocycles. The predicted octanol–water partition coefficient (Wildman–Crippen LogP) is 0.316. The first-order chi connectivity index (χ1) is 9.49. The Bertz CT molecular complexity index is 461. The van der Waals surface area contributed by atoms with Crippen molar-refractivity contribution >= 4 is 17.7 Å². The molecular weight excluding hydrogens is 258 g/mol. The van der Waals surface area contributed by atoms with Crippen molar-refractivity contribution in [3.05, 3.63) is 11.4 Å². The summed E-state index contributed by atoms with van der Waals surface area (Å²) in [5.74, 6) is 7.49. The quantitative estimate of drug-likeness (QED) is 0.340. The summed E-state index contributed by atoms with van der Waals surface area (Å²) in [6.07, 6.45) is 0.723. The Morgan fingerprint density at radius 2 is 1.90 bits per heavy atom. The van der Waals surface area contributed by atoms with E-state index in [1.807, 2.05) is 13.8 Å². The number of rotatable bonds is 6. The number of carbonyl (C=O) groups excluding carboxylic acids is 1. The fourth-order valence-electron chi connectivity index (χ4n) is 1.54. The minimum atomic E-state index is -0.121. The van der Waals surface area contributed by atoms with Gasteiger partial charge in [-0.25, -0.2) is 20.6 Å². The highest BCUT2D eigenvalue weighted by atomic mass is 16.2. The molecule has 0 radical (unpaired) electrons. The molecular formula is C12H23N7O. The van der Waals surface area contributed by atoms with Crippen molar-refractivity contribution in [3.63, 3.8) is 0 Å². The number of nitrogens with two attached hydrogens (primary N) is 1. The zero-order valence-corrected chi connectivity index (χ0v) is 12.4. The van der Waals surface area contributed by atoms with Gasteiger partial charge in [-0.05, 0) is 6.92 Å². The molecule has 112 valence electrons. The number of hydrogen-bond acceptors (Lipinski definition) is 6. The zero-order chi connectivity index (χ0) is 15.1. The summed E-state index contributed by atoms with van der Waals surface area (Å²) in [7, 11) is 3.40. The number of aromatic nitrogens is 2. The van der Waals surface area contributed by atoms with Gasteiger partial charge >= 0.3 is 6.03 Å². The number of nitrogens with zero attached hydrogens (tertiary/aromatic N) is 3. The van der Waals surface area contributed by atoms with E-state index in [-0.39, 0.29) is 6.03 Å². The van der Waals surface area contributed by atoms with Crippen molar-refractivity contribution in [2.24, 2.45) is 5.84 Å². The van der Waals surface area contributed by atoms with Crippen molar-refractivity contribution in [1.29, 1.82) is 0 Å². The topological polar surface area (TPSA) is 108 Å². The molecule has 0 fully saturated rings. The third-order valence-corrected chi connectivity index (χ3v) is 2.74. The second-order valence-electron chi connectivity index (χ2n) is 4.51. The lowest BCUT2D eigenvalue weighted by molar-refractivity contribution is 0.218. The van der Waals surface area contributed by atoms with Crippen LogP contribution >= 0.6 is 0 Å². The van der Waals surface area contributed by atoms with Gasteiger partial charge in [0.25, 0.3) is 0 Å². The normalized spacial score (nSPS) is 10.1. The zero-order valence-electron chi connectivity index (χ0n) is 12.4. The molecule has 5 N–H and O–H groups in total. The maximum Gasteiger partial charge on any atom is 0.316 e. The van der Waals surface area contributed by atoms with Gasteiger partial charge in [0.2, 0.25) is 0 Å². The third-order valence-electron chi connectivity index (χ3n) is 2.74. The summed E-state index contributed by atoms with van der Waals surface area (Å²) in [6, 6.07) is -0.121. The molecule has 0 spiro atoms. The van der Waals surface area contributed by atoms with Crippen LogP contribution in [-0.2, 0) is 6.42 Å². The second-order valence-corrected chi connectivity index (χ2v) is 4.51. The molecule has 0 aliphatic rings. The molecule has 0 saturated carbocycles. The van der Waals surface area contributed by atoms with E-state index < -0.39 is 0 Å². The average Bonchev–Trinajstić information content (AvgIpc) is 2.44. The van der Waals surface area contributed by atoms with Crippen molar-refractivity contribution in [3.8, 4) is 0 Å². The number of aryl methyl sites for hydroxylation is 1. The maximum absolute atomic E-state index is 11.4. The first-order valence-electron chi connectivity index (χ1n) is 6.52. The lowest BCUT2D eigenvalue weighted by Gasteiger charge is -2.15. The molecule has 8 heteroatoms. The summed E-state index contributed by atoms with van der Waals surface area (Å²) in [4.78, 5) is 21.5. The molecule has 0 aliphatic carbocycles. The minimum absolute atomic E-state index is 0.121. The fraction of sp³-hybridized carbons (Fsp3) is 0.583. The highest BCUT2D eigenvalue weighted by molar-refractivity contribution is 5.73. The van der Waals surface area contributed by atoms with Gasteiger partial charge in [0, 0.05) is 39.2 Å². The van der Waals surface area contributed by atoms with Crippen LogP contribution in [0.2, 0.25) is 0 Å². The van der Waals surface area contributed by atoms with Crippen molar-refractivity contribution in [2.75, 3.05) is 37.9 Å². The average molecular weight is 281 g/mol. The smallest absolute Gasteiger partial charge is 0.316 e. The van der Waals surface area contributed by atoms with Gasteiger partial charge in [0.05, 0.1) is 0 Å². The van der Waals surface area contributed by atoms with E-state index in [4.69, 9.17) is 5.84 Å². The highest BCUT2D eigenvalue weighted by Gasteiger charge is 2.09.